The highest BCUT2D eigenvalue weighted by atomic mass is 16.6. The lowest BCUT2D eigenvalue weighted by Gasteiger charge is -2.31. The number of aliphatic hydroxyl groups is 1. The summed E-state index contributed by atoms with van der Waals surface area (Å²) >= 11 is 0. The molecule has 162 valence electrons. The molecule has 0 amide bonds. The van der Waals surface area contributed by atoms with Crippen LogP contribution in [0.2, 0.25) is 0 Å². The van der Waals surface area contributed by atoms with Crippen molar-refractivity contribution in [1.29, 1.82) is 0 Å². The Morgan fingerprint density at radius 2 is 2.16 bits per heavy atom. The molecule has 0 bridgehead atoms. The lowest BCUT2D eigenvalue weighted by molar-refractivity contribution is -0.383. The fourth-order valence-electron chi connectivity index (χ4n) is 4.70. The number of pyridine rings is 2. The fraction of sp³-hybridized carbons (Fsp3) is 0.261. The van der Waals surface area contributed by atoms with E-state index < -0.39 is 16.5 Å². The monoisotopic (exact) mass is 433 g/mol. The number of cyclic esters (lactones) is 1. The Morgan fingerprint density at radius 1 is 1.38 bits per heavy atom. The number of nitro benzene ring substituents is 1. The smallest absolute Gasteiger partial charge is 0.343 e. The molecule has 0 unspecified atom stereocenters. The molecule has 2 aromatic heterocycles. The summed E-state index contributed by atoms with van der Waals surface area (Å²) in [6.07, 6.45) is 2.17. The van der Waals surface area contributed by atoms with E-state index >= 15 is 0 Å². The number of hydrogen-bond acceptors (Lipinski definition) is 7. The highest BCUT2D eigenvalue weighted by Gasteiger charge is 2.45. The Morgan fingerprint density at radius 3 is 2.84 bits per heavy atom. The average molecular weight is 433 g/mol. The molecule has 3 aromatic rings. The summed E-state index contributed by atoms with van der Waals surface area (Å²) in [5.41, 5.74) is 0.626. The van der Waals surface area contributed by atoms with Gasteiger partial charge in [0.1, 0.15) is 12.1 Å². The van der Waals surface area contributed by atoms with Gasteiger partial charge in [0, 0.05) is 22.6 Å². The summed E-state index contributed by atoms with van der Waals surface area (Å²) < 4.78 is 6.61. The fourth-order valence-corrected chi connectivity index (χ4v) is 4.70. The van der Waals surface area contributed by atoms with Crippen molar-refractivity contribution in [2.45, 2.75) is 38.5 Å². The van der Waals surface area contributed by atoms with Crippen LogP contribution in [0, 0.1) is 10.1 Å². The third-order valence-electron chi connectivity index (χ3n) is 6.36. The van der Waals surface area contributed by atoms with E-state index in [4.69, 9.17) is 4.74 Å². The van der Waals surface area contributed by atoms with Crippen molar-refractivity contribution in [1.82, 2.24) is 9.55 Å². The van der Waals surface area contributed by atoms with Gasteiger partial charge in [0.05, 0.1) is 28.4 Å². The first-order chi connectivity index (χ1) is 15.3. The zero-order chi connectivity index (χ0) is 22.8. The van der Waals surface area contributed by atoms with Crippen molar-refractivity contribution in [2.75, 3.05) is 0 Å². The Hall–Kier alpha value is -3.85. The van der Waals surface area contributed by atoms with E-state index in [9.17, 15) is 24.8 Å². The Bertz CT molecular complexity index is 1420. The van der Waals surface area contributed by atoms with Crippen LogP contribution in [-0.4, -0.2) is 25.6 Å². The van der Waals surface area contributed by atoms with E-state index in [2.05, 4.69) is 11.6 Å². The number of allylic oxidation sites excluding steroid dienone is 1. The van der Waals surface area contributed by atoms with Crippen LogP contribution >= 0.6 is 0 Å². The SMILES string of the molecule is C=CCc1c2c(nc3c([N+](=O)[O-])cccc13)-c1cc3c(c(=O)n1C2)COC(=O)[C@]3(O)CC. The summed E-state index contributed by atoms with van der Waals surface area (Å²) in [4.78, 5) is 41.4. The lowest BCUT2D eigenvalue weighted by Crippen LogP contribution is -2.44. The number of nitrogens with zero attached hydrogens (tertiary/aromatic N) is 3. The Kier molecular flexibility index (Phi) is 4.28. The van der Waals surface area contributed by atoms with Gasteiger partial charge < -0.3 is 14.4 Å². The third-order valence-corrected chi connectivity index (χ3v) is 6.36. The number of rotatable bonds is 4. The van der Waals surface area contributed by atoms with Crippen molar-refractivity contribution in [2.24, 2.45) is 0 Å². The van der Waals surface area contributed by atoms with Crippen molar-refractivity contribution in [3.8, 4) is 11.4 Å². The Labute approximate surface area is 181 Å². The zero-order valence-electron chi connectivity index (χ0n) is 17.3. The van der Waals surface area contributed by atoms with Crippen LogP contribution in [0.5, 0.6) is 0 Å². The number of fused-ring (bicyclic) bond motifs is 5. The minimum absolute atomic E-state index is 0.0346. The van der Waals surface area contributed by atoms with Gasteiger partial charge in [-0.25, -0.2) is 9.78 Å². The first-order valence-electron chi connectivity index (χ1n) is 10.2. The molecular formula is C23H19N3O6. The summed E-state index contributed by atoms with van der Waals surface area (Å²) in [6.45, 7) is 5.45. The topological polar surface area (TPSA) is 125 Å². The number of carbonyl (C=O) groups excluding carboxylic acids is 1. The van der Waals surface area contributed by atoms with Gasteiger partial charge in [-0.2, -0.15) is 0 Å². The molecule has 1 N–H and O–H groups in total. The second-order valence-electron chi connectivity index (χ2n) is 7.94. The van der Waals surface area contributed by atoms with Gasteiger partial charge in [0.15, 0.2) is 5.60 Å². The molecule has 0 spiro atoms. The van der Waals surface area contributed by atoms with E-state index in [1.807, 2.05) is 0 Å². The number of nitro groups is 1. The largest absolute Gasteiger partial charge is 0.458 e. The molecule has 2 aliphatic rings. The molecule has 9 heteroatoms. The third kappa shape index (κ3) is 2.51. The predicted octanol–water partition coefficient (Wildman–Crippen LogP) is 2.72. The maximum Gasteiger partial charge on any atom is 0.343 e. The first-order valence-corrected chi connectivity index (χ1v) is 10.2. The second-order valence-corrected chi connectivity index (χ2v) is 7.94. The molecule has 1 atom stereocenters. The first kappa shape index (κ1) is 20.1. The quantitative estimate of drug-likeness (QED) is 0.227. The molecule has 0 fully saturated rings. The minimum Gasteiger partial charge on any atom is -0.458 e. The number of para-hydroxylation sites is 1. The van der Waals surface area contributed by atoms with E-state index in [-0.39, 0.29) is 47.5 Å². The van der Waals surface area contributed by atoms with Crippen molar-refractivity contribution in [3.05, 3.63) is 79.6 Å². The van der Waals surface area contributed by atoms with Gasteiger partial charge in [-0.05, 0) is 24.5 Å². The molecular weight excluding hydrogens is 414 g/mol. The van der Waals surface area contributed by atoms with Crippen molar-refractivity contribution >= 4 is 22.6 Å². The zero-order valence-corrected chi connectivity index (χ0v) is 17.3. The molecule has 0 aliphatic carbocycles. The van der Waals surface area contributed by atoms with E-state index in [1.54, 1.807) is 31.2 Å². The van der Waals surface area contributed by atoms with Crippen LogP contribution in [0.15, 0.2) is 41.7 Å². The molecule has 9 nitrogen and oxygen atoms in total. The number of hydrogen-bond donors (Lipinski definition) is 1. The van der Waals surface area contributed by atoms with Gasteiger partial charge in [0.25, 0.3) is 11.2 Å². The van der Waals surface area contributed by atoms with Crippen LogP contribution in [0.4, 0.5) is 5.69 Å². The number of non-ortho nitro benzene ring substituents is 1. The van der Waals surface area contributed by atoms with Crippen molar-refractivity contribution < 1.29 is 19.6 Å². The summed E-state index contributed by atoms with van der Waals surface area (Å²) in [6, 6.07) is 6.36. The molecule has 1 aromatic carbocycles. The molecule has 0 saturated heterocycles. The van der Waals surface area contributed by atoms with Gasteiger partial charge >= 0.3 is 5.97 Å². The molecule has 2 aliphatic heterocycles. The van der Waals surface area contributed by atoms with Gasteiger partial charge in [0.2, 0.25) is 0 Å². The summed E-state index contributed by atoms with van der Waals surface area (Å²) in [5, 5.41) is 23.3. The number of carbonyl (C=O) groups is 1. The van der Waals surface area contributed by atoms with Gasteiger partial charge in [-0.15, -0.1) is 6.58 Å². The van der Waals surface area contributed by atoms with E-state index in [0.717, 1.165) is 11.1 Å². The maximum atomic E-state index is 13.3. The van der Waals surface area contributed by atoms with Gasteiger partial charge in [-0.1, -0.05) is 25.1 Å². The van der Waals surface area contributed by atoms with Crippen LogP contribution in [0.3, 0.4) is 0 Å². The highest BCUT2D eigenvalue weighted by molar-refractivity contribution is 5.94. The van der Waals surface area contributed by atoms with E-state index in [0.29, 0.717) is 23.2 Å². The number of esters is 1. The molecule has 4 heterocycles. The normalized spacial score (nSPS) is 18.6. The lowest BCUT2D eigenvalue weighted by atomic mass is 9.86. The summed E-state index contributed by atoms with van der Waals surface area (Å²) in [7, 11) is 0. The van der Waals surface area contributed by atoms with Crippen LogP contribution in [0.1, 0.15) is 35.6 Å². The molecule has 32 heavy (non-hydrogen) atoms. The Balaban J connectivity index is 1.87. The number of ether oxygens (including phenoxy) is 1. The number of benzene rings is 1. The summed E-state index contributed by atoms with van der Waals surface area (Å²) in [5.74, 6) is -0.801. The standard InChI is InChI=1S/C23H19N3O6/c1-3-6-12-13-7-5-8-17(26(30)31)19(13)24-20-14(12)10-25-18(20)9-16-15(21(25)27)11-32-22(28)23(16,29)4-2/h3,5,7-9,29H,1,4,6,10-11H2,2H3/t23-/m0/s1. The predicted molar refractivity (Wildman–Crippen MR) is 115 cm³/mol. The second kappa shape index (κ2) is 6.83. The highest BCUT2D eigenvalue weighted by Crippen LogP contribution is 2.41. The maximum absolute atomic E-state index is 13.3. The molecule has 0 radical (unpaired) electrons. The van der Waals surface area contributed by atoms with Crippen LogP contribution in [-0.2, 0) is 34.7 Å². The van der Waals surface area contributed by atoms with E-state index in [1.165, 1.54) is 10.6 Å². The average Bonchev–Trinajstić information content (AvgIpc) is 3.15. The minimum atomic E-state index is -1.93. The molecule has 5 rings (SSSR count). The van der Waals surface area contributed by atoms with Crippen LogP contribution in [0.25, 0.3) is 22.3 Å². The van der Waals surface area contributed by atoms with Crippen molar-refractivity contribution in [3.63, 3.8) is 0 Å². The van der Waals surface area contributed by atoms with Gasteiger partial charge in [-0.3, -0.25) is 14.9 Å². The number of aromatic nitrogens is 2. The van der Waals surface area contributed by atoms with Crippen LogP contribution < -0.4 is 5.56 Å². The molecule has 0 saturated carbocycles.